The third-order valence-electron chi connectivity index (χ3n) is 6.67. The molecule has 2 aromatic rings. The summed E-state index contributed by atoms with van der Waals surface area (Å²) in [6.07, 6.45) is 0. The lowest BCUT2D eigenvalue weighted by Crippen LogP contribution is -2.51. The van der Waals surface area contributed by atoms with Gasteiger partial charge in [-0.05, 0) is 58.7 Å². The first-order valence-corrected chi connectivity index (χ1v) is 12.3. The number of methoxy groups -OCH3 is 1. The normalized spacial score (nSPS) is 11.4. The number of benzene rings is 1. The molecule has 1 heterocycles. The quantitative estimate of drug-likeness (QED) is 0.289. The van der Waals surface area contributed by atoms with Gasteiger partial charge in [0.25, 0.3) is 0 Å². The second kappa shape index (κ2) is 11.8. The van der Waals surface area contributed by atoms with Crippen LogP contribution in [0.1, 0.15) is 49.3 Å². The average Bonchev–Trinajstić information content (AvgIpc) is 3.15. The number of hydrogen-bond donors (Lipinski definition) is 0. The predicted octanol–water partition coefficient (Wildman–Crippen LogP) is 6.24. The SMILES string of the molecule is CCN(CC[N+](CC)(CC)CC)c1cc(C)c(/N=N/c2sc(C#N)c(C)c2C#N)cc1OC. The standard InChI is InChI=1S/C25H35N6OS/c1-8-30(12-13-31(9-2,10-3)11-4)22-14-18(5)21(15-23(22)32-7)28-29-25-20(16-26)19(6)24(17-27)33-25/h14-15H,8-13H2,1-7H3/q+1/b29-28+. The van der Waals surface area contributed by atoms with Crippen LogP contribution in [0.4, 0.5) is 16.4 Å². The van der Waals surface area contributed by atoms with E-state index in [2.05, 4.69) is 61.0 Å². The van der Waals surface area contributed by atoms with E-state index in [9.17, 15) is 10.5 Å². The number of azo groups is 1. The van der Waals surface area contributed by atoms with Crippen LogP contribution in [0.15, 0.2) is 22.4 Å². The molecule has 1 aromatic carbocycles. The molecule has 0 aliphatic carbocycles. The van der Waals surface area contributed by atoms with E-state index >= 15 is 0 Å². The Morgan fingerprint density at radius 2 is 1.70 bits per heavy atom. The Morgan fingerprint density at radius 3 is 2.21 bits per heavy atom. The summed E-state index contributed by atoms with van der Waals surface area (Å²) in [4.78, 5) is 2.85. The monoisotopic (exact) mass is 467 g/mol. The van der Waals surface area contributed by atoms with Crippen molar-refractivity contribution >= 4 is 27.7 Å². The van der Waals surface area contributed by atoms with Crippen LogP contribution in [0.25, 0.3) is 0 Å². The molecular weight excluding hydrogens is 432 g/mol. The lowest BCUT2D eigenvalue weighted by Gasteiger charge is -2.38. The van der Waals surface area contributed by atoms with E-state index in [1.165, 1.54) is 11.3 Å². The molecule has 2 rings (SSSR count). The molecular formula is C25H35N6OS+. The Bertz CT molecular complexity index is 1060. The van der Waals surface area contributed by atoms with E-state index in [-0.39, 0.29) is 0 Å². The number of aryl methyl sites for hydroxylation is 1. The number of hydrogen-bond acceptors (Lipinski definition) is 7. The fourth-order valence-corrected chi connectivity index (χ4v) is 4.89. The molecule has 0 spiro atoms. The first-order valence-electron chi connectivity index (χ1n) is 11.5. The van der Waals surface area contributed by atoms with E-state index in [4.69, 9.17) is 4.74 Å². The van der Waals surface area contributed by atoms with Crippen LogP contribution in [0.3, 0.4) is 0 Å². The van der Waals surface area contributed by atoms with Crippen LogP contribution in [0, 0.1) is 36.5 Å². The van der Waals surface area contributed by atoms with Crippen molar-refractivity contribution in [2.24, 2.45) is 10.2 Å². The Kier molecular flexibility index (Phi) is 9.40. The minimum absolute atomic E-state index is 0.406. The molecule has 0 bridgehead atoms. The second-order valence-corrected chi connectivity index (χ2v) is 9.06. The minimum atomic E-state index is 0.406. The smallest absolute Gasteiger partial charge is 0.158 e. The third kappa shape index (κ3) is 5.71. The van der Waals surface area contributed by atoms with Crippen LogP contribution in [-0.2, 0) is 0 Å². The number of rotatable bonds is 11. The summed E-state index contributed by atoms with van der Waals surface area (Å²) in [7, 11) is 1.67. The van der Waals surface area contributed by atoms with Crippen molar-refractivity contribution in [1.82, 2.24) is 0 Å². The molecule has 0 saturated carbocycles. The molecule has 0 radical (unpaired) electrons. The highest BCUT2D eigenvalue weighted by Gasteiger charge is 2.23. The minimum Gasteiger partial charge on any atom is -0.495 e. The van der Waals surface area contributed by atoms with Gasteiger partial charge in [-0.15, -0.1) is 21.6 Å². The number of nitriles is 2. The Labute approximate surface area is 202 Å². The zero-order chi connectivity index (χ0) is 24.6. The molecule has 0 unspecified atom stereocenters. The van der Waals surface area contributed by atoms with E-state index in [0.29, 0.717) is 26.7 Å². The highest BCUT2D eigenvalue weighted by molar-refractivity contribution is 7.16. The molecule has 0 saturated heterocycles. The highest BCUT2D eigenvalue weighted by atomic mass is 32.1. The maximum absolute atomic E-state index is 9.45. The Morgan fingerprint density at radius 1 is 1.03 bits per heavy atom. The van der Waals surface area contributed by atoms with Crippen LogP contribution in [0.5, 0.6) is 5.75 Å². The van der Waals surface area contributed by atoms with Crippen LogP contribution >= 0.6 is 11.3 Å². The lowest BCUT2D eigenvalue weighted by atomic mass is 10.1. The Hall–Kier alpha value is -2.94. The lowest BCUT2D eigenvalue weighted by molar-refractivity contribution is -0.921. The maximum Gasteiger partial charge on any atom is 0.158 e. The first kappa shape index (κ1) is 26.3. The summed E-state index contributed by atoms with van der Waals surface area (Å²) < 4.78 is 6.82. The van der Waals surface area contributed by atoms with Gasteiger partial charge in [-0.1, -0.05) is 0 Å². The summed E-state index contributed by atoms with van der Waals surface area (Å²) in [5.74, 6) is 0.750. The molecule has 0 aliphatic heterocycles. The van der Waals surface area contributed by atoms with E-state index in [0.717, 1.165) is 60.8 Å². The second-order valence-electron chi connectivity index (χ2n) is 8.06. The number of anilines is 1. The van der Waals surface area contributed by atoms with Gasteiger partial charge in [0.05, 0.1) is 56.8 Å². The Balaban J connectivity index is 2.37. The van der Waals surface area contributed by atoms with E-state index in [1.807, 2.05) is 13.0 Å². The van der Waals surface area contributed by atoms with Gasteiger partial charge in [-0.25, -0.2) is 0 Å². The van der Waals surface area contributed by atoms with Gasteiger partial charge in [0, 0.05) is 12.6 Å². The third-order valence-corrected chi connectivity index (χ3v) is 7.75. The topological polar surface area (TPSA) is 84.8 Å². The molecule has 0 amide bonds. The fourth-order valence-electron chi connectivity index (χ4n) is 4.01. The largest absolute Gasteiger partial charge is 0.495 e. The molecule has 0 atom stereocenters. The van der Waals surface area contributed by atoms with Crippen molar-refractivity contribution in [1.29, 1.82) is 10.5 Å². The van der Waals surface area contributed by atoms with Gasteiger partial charge in [0.15, 0.2) is 5.00 Å². The molecule has 0 fully saturated rings. The number of ether oxygens (including phenoxy) is 1. The van der Waals surface area contributed by atoms with Crippen molar-refractivity contribution in [3.63, 3.8) is 0 Å². The van der Waals surface area contributed by atoms with Crippen molar-refractivity contribution in [2.75, 3.05) is 51.3 Å². The van der Waals surface area contributed by atoms with E-state index < -0.39 is 0 Å². The van der Waals surface area contributed by atoms with Crippen LogP contribution in [-0.4, -0.2) is 50.9 Å². The van der Waals surface area contributed by atoms with Crippen molar-refractivity contribution in [3.05, 3.63) is 33.7 Å². The summed E-state index contributed by atoms with van der Waals surface area (Å²) >= 11 is 1.19. The number of likely N-dealkylation sites (N-methyl/N-ethyl adjacent to an activating group) is 2. The van der Waals surface area contributed by atoms with Gasteiger partial charge in [0.2, 0.25) is 0 Å². The van der Waals surface area contributed by atoms with Gasteiger partial charge in [-0.3, -0.25) is 0 Å². The predicted molar refractivity (Wildman–Crippen MR) is 135 cm³/mol. The zero-order valence-electron chi connectivity index (χ0n) is 20.9. The van der Waals surface area contributed by atoms with Gasteiger partial charge in [0.1, 0.15) is 22.8 Å². The average molecular weight is 468 g/mol. The summed E-state index contributed by atoms with van der Waals surface area (Å²) in [6.45, 7) is 19.0. The van der Waals surface area contributed by atoms with Crippen molar-refractivity contribution < 1.29 is 9.22 Å². The molecule has 8 heteroatoms. The summed E-state index contributed by atoms with van der Waals surface area (Å²) in [6, 6.07) is 8.25. The number of thiophene rings is 1. The molecule has 7 nitrogen and oxygen atoms in total. The summed E-state index contributed by atoms with van der Waals surface area (Å²) in [5, 5.41) is 27.9. The van der Waals surface area contributed by atoms with Gasteiger partial charge < -0.3 is 14.1 Å². The summed E-state index contributed by atoms with van der Waals surface area (Å²) in [5.41, 5.74) is 3.77. The van der Waals surface area contributed by atoms with Crippen LogP contribution < -0.4 is 9.64 Å². The number of quaternary nitrogens is 1. The highest BCUT2D eigenvalue weighted by Crippen LogP contribution is 2.38. The van der Waals surface area contributed by atoms with E-state index in [1.54, 1.807) is 14.0 Å². The number of nitrogens with zero attached hydrogens (tertiary/aromatic N) is 6. The zero-order valence-corrected chi connectivity index (χ0v) is 21.7. The fraction of sp³-hybridized carbons (Fsp3) is 0.520. The molecule has 176 valence electrons. The molecule has 0 aliphatic rings. The van der Waals surface area contributed by atoms with Gasteiger partial charge in [-0.2, -0.15) is 10.5 Å². The first-order chi connectivity index (χ1) is 15.8. The molecule has 1 aromatic heterocycles. The molecule has 33 heavy (non-hydrogen) atoms. The van der Waals surface area contributed by atoms with Crippen molar-refractivity contribution in [2.45, 2.75) is 41.5 Å². The van der Waals surface area contributed by atoms with Crippen LogP contribution in [0.2, 0.25) is 0 Å². The van der Waals surface area contributed by atoms with Crippen molar-refractivity contribution in [3.8, 4) is 17.9 Å². The van der Waals surface area contributed by atoms with Gasteiger partial charge >= 0.3 is 0 Å². The molecule has 0 N–H and O–H groups in total. The maximum atomic E-state index is 9.45.